The minimum atomic E-state index is 0.495. The van der Waals surface area contributed by atoms with Gasteiger partial charge in [-0.05, 0) is 60.2 Å². The van der Waals surface area contributed by atoms with Crippen LogP contribution in [0, 0.1) is 0 Å². The van der Waals surface area contributed by atoms with Gasteiger partial charge in [-0.3, -0.25) is 0 Å². The molecule has 4 aromatic rings. The molecule has 28 heavy (non-hydrogen) atoms. The zero-order valence-electron chi connectivity index (χ0n) is 15.0. The normalized spacial score (nSPS) is 10.5. The summed E-state index contributed by atoms with van der Waals surface area (Å²) in [5, 5.41) is 3.93. The van der Waals surface area contributed by atoms with Gasteiger partial charge in [0.05, 0.1) is 5.69 Å². The molecule has 1 heterocycles. The quantitative estimate of drug-likeness (QED) is 0.433. The lowest BCUT2D eigenvalue weighted by Gasteiger charge is -2.09. The van der Waals surface area contributed by atoms with E-state index >= 15 is 0 Å². The van der Waals surface area contributed by atoms with E-state index in [9.17, 15) is 0 Å². The van der Waals surface area contributed by atoms with E-state index in [0.717, 1.165) is 33.3 Å². The molecule has 0 spiro atoms. The van der Waals surface area contributed by atoms with E-state index in [2.05, 4.69) is 15.3 Å². The van der Waals surface area contributed by atoms with Gasteiger partial charge in [-0.1, -0.05) is 41.9 Å². The molecule has 0 amide bonds. The summed E-state index contributed by atoms with van der Waals surface area (Å²) in [6.07, 6.45) is 1.75. The second-order valence-electron chi connectivity index (χ2n) is 6.20. The van der Waals surface area contributed by atoms with E-state index in [1.165, 1.54) is 0 Å². The molecule has 0 radical (unpaired) electrons. The molecule has 0 fully saturated rings. The number of hydrogen-bond donors (Lipinski definition) is 1. The molecule has 0 atom stereocenters. The zero-order chi connectivity index (χ0) is 19.2. The summed E-state index contributed by atoms with van der Waals surface area (Å²) in [5.41, 5.74) is 3.86. The highest BCUT2D eigenvalue weighted by molar-refractivity contribution is 6.30. The van der Waals surface area contributed by atoms with E-state index < -0.39 is 0 Å². The molecule has 0 unspecified atom stereocenters. The molecule has 3 aromatic carbocycles. The summed E-state index contributed by atoms with van der Waals surface area (Å²) < 4.78 is 5.84. The molecule has 0 aliphatic carbocycles. The van der Waals surface area contributed by atoms with Crippen LogP contribution in [0.15, 0.2) is 91.1 Å². The lowest BCUT2D eigenvalue weighted by Crippen LogP contribution is -1.98. The average Bonchev–Trinajstić information content (AvgIpc) is 2.75. The fourth-order valence-electron chi connectivity index (χ4n) is 2.70. The third kappa shape index (κ3) is 4.67. The molecule has 0 aliphatic heterocycles. The van der Waals surface area contributed by atoms with Crippen LogP contribution in [0.3, 0.4) is 0 Å². The molecule has 0 saturated heterocycles. The fourth-order valence-corrected chi connectivity index (χ4v) is 2.83. The van der Waals surface area contributed by atoms with Crippen LogP contribution < -0.4 is 10.1 Å². The van der Waals surface area contributed by atoms with Crippen LogP contribution in [0.1, 0.15) is 5.56 Å². The zero-order valence-corrected chi connectivity index (χ0v) is 15.8. The molecule has 1 aromatic heterocycles. The molecule has 0 bridgehead atoms. The van der Waals surface area contributed by atoms with E-state index in [-0.39, 0.29) is 0 Å². The Balaban J connectivity index is 1.43. The molecule has 4 nitrogen and oxygen atoms in total. The number of nitrogens with one attached hydrogen (secondary N) is 1. The Morgan fingerprint density at radius 3 is 2.32 bits per heavy atom. The van der Waals surface area contributed by atoms with Gasteiger partial charge in [-0.15, -0.1) is 0 Å². The fraction of sp³-hybridized carbons (Fsp3) is 0.0435. The summed E-state index contributed by atoms with van der Waals surface area (Å²) in [5.74, 6) is 1.36. The van der Waals surface area contributed by atoms with Crippen LogP contribution in [0.25, 0.3) is 11.3 Å². The summed E-state index contributed by atoms with van der Waals surface area (Å²) in [4.78, 5) is 8.88. The van der Waals surface area contributed by atoms with Crippen LogP contribution in [0.4, 0.5) is 11.6 Å². The van der Waals surface area contributed by atoms with Crippen molar-refractivity contribution in [3.05, 3.63) is 102 Å². The molecule has 1 N–H and O–H groups in total. The van der Waals surface area contributed by atoms with Crippen molar-refractivity contribution in [1.82, 2.24) is 9.97 Å². The highest BCUT2D eigenvalue weighted by Crippen LogP contribution is 2.23. The van der Waals surface area contributed by atoms with Crippen molar-refractivity contribution in [3.8, 4) is 17.0 Å². The summed E-state index contributed by atoms with van der Waals surface area (Å²) in [7, 11) is 0. The Morgan fingerprint density at radius 1 is 0.821 bits per heavy atom. The Bertz CT molecular complexity index is 1040. The van der Waals surface area contributed by atoms with Gasteiger partial charge in [0.25, 0.3) is 0 Å². The predicted octanol–water partition coefficient (Wildman–Crippen LogP) is 6.12. The van der Waals surface area contributed by atoms with Crippen molar-refractivity contribution in [2.75, 3.05) is 5.32 Å². The second kappa shape index (κ2) is 8.55. The Labute approximate surface area is 168 Å². The van der Waals surface area contributed by atoms with Crippen LogP contribution in [0.5, 0.6) is 5.75 Å². The summed E-state index contributed by atoms with van der Waals surface area (Å²) in [6, 6.07) is 27.2. The van der Waals surface area contributed by atoms with Gasteiger partial charge in [-0.25, -0.2) is 9.97 Å². The van der Waals surface area contributed by atoms with Gasteiger partial charge >= 0.3 is 0 Å². The SMILES string of the molecule is Clc1ccc(COc2ccc(-c3ccnc(Nc4ccccc4)n3)cc2)cc1. The number of aromatic nitrogens is 2. The first-order valence-corrected chi connectivity index (χ1v) is 9.27. The second-order valence-corrected chi connectivity index (χ2v) is 6.63. The van der Waals surface area contributed by atoms with Crippen LogP contribution in [-0.2, 0) is 6.61 Å². The Kier molecular flexibility index (Phi) is 5.50. The molecule has 5 heteroatoms. The van der Waals surface area contributed by atoms with Crippen LogP contribution >= 0.6 is 11.6 Å². The van der Waals surface area contributed by atoms with E-state index in [1.54, 1.807) is 6.20 Å². The van der Waals surface area contributed by atoms with Crippen molar-refractivity contribution in [3.63, 3.8) is 0 Å². The number of benzene rings is 3. The van der Waals surface area contributed by atoms with Crippen molar-refractivity contribution in [2.45, 2.75) is 6.61 Å². The number of nitrogens with zero attached hydrogens (tertiary/aromatic N) is 2. The predicted molar refractivity (Wildman–Crippen MR) is 113 cm³/mol. The number of halogens is 1. The first kappa shape index (κ1) is 18.0. The Hall–Kier alpha value is -3.37. The third-order valence-corrected chi connectivity index (χ3v) is 4.41. The van der Waals surface area contributed by atoms with Crippen molar-refractivity contribution < 1.29 is 4.74 Å². The molecule has 138 valence electrons. The minimum Gasteiger partial charge on any atom is -0.489 e. The van der Waals surface area contributed by atoms with Crippen LogP contribution in [-0.4, -0.2) is 9.97 Å². The van der Waals surface area contributed by atoms with Crippen LogP contribution in [0.2, 0.25) is 5.02 Å². The Morgan fingerprint density at radius 2 is 1.57 bits per heavy atom. The molecule has 0 aliphatic rings. The van der Waals surface area contributed by atoms with Crippen molar-refractivity contribution in [2.24, 2.45) is 0 Å². The average molecular weight is 388 g/mol. The van der Waals surface area contributed by atoms with Gasteiger partial charge < -0.3 is 10.1 Å². The summed E-state index contributed by atoms with van der Waals surface area (Å²) >= 11 is 5.91. The van der Waals surface area contributed by atoms with Gasteiger partial charge in [0.15, 0.2) is 0 Å². The number of rotatable bonds is 6. The topological polar surface area (TPSA) is 47.0 Å². The standard InChI is InChI=1S/C23H18ClN3O/c24-19-10-6-17(7-11-19)16-28-21-12-8-18(9-13-21)22-14-15-25-23(27-22)26-20-4-2-1-3-5-20/h1-15H,16H2,(H,25,26,27). The van der Waals surface area contributed by atoms with Gasteiger partial charge in [-0.2, -0.15) is 0 Å². The van der Waals surface area contributed by atoms with E-state index in [1.807, 2.05) is 84.9 Å². The maximum atomic E-state index is 5.91. The maximum absolute atomic E-state index is 5.91. The summed E-state index contributed by atoms with van der Waals surface area (Å²) in [6.45, 7) is 0.495. The monoisotopic (exact) mass is 387 g/mol. The lowest BCUT2D eigenvalue weighted by molar-refractivity contribution is 0.306. The van der Waals surface area contributed by atoms with E-state index in [0.29, 0.717) is 12.6 Å². The molecular weight excluding hydrogens is 370 g/mol. The van der Waals surface area contributed by atoms with Gasteiger partial charge in [0, 0.05) is 22.5 Å². The highest BCUT2D eigenvalue weighted by Gasteiger charge is 2.04. The molecule has 4 rings (SSSR count). The lowest BCUT2D eigenvalue weighted by atomic mass is 10.1. The largest absolute Gasteiger partial charge is 0.489 e. The smallest absolute Gasteiger partial charge is 0.227 e. The highest BCUT2D eigenvalue weighted by atomic mass is 35.5. The van der Waals surface area contributed by atoms with E-state index in [4.69, 9.17) is 16.3 Å². The number of anilines is 2. The first-order chi connectivity index (χ1) is 13.8. The third-order valence-electron chi connectivity index (χ3n) is 4.15. The first-order valence-electron chi connectivity index (χ1n) is 8.89. The number of para-hydroxylation sites is 1. The van der Waals surface area contributed by atoms with Gasteiger partial charge in [0.1, 0.15) is 12.4 Å². The minimum absolute atomic E-state index is 0.495. The van der Waals surface area contributed by atoms with Crippen molar-refractivity contribution >= 4 is 23.2 Å². The molecular formula is C23H18ClN3O. The molecule has 0 saturated carbocycles. The van der Waals surface area contributed by atoms with Gasteiger partial charge in [0.2, 0.25) is 5.95 Å². The maximum Gasteiger partial charge on any atom is 0.227 e. The number of hydrogen-bond acceptors (Lipinski definition) is 4. The number of ether oxygens (including phenoxy) is 1. The van der Waals surface area contributed by atoms with Crippen molar-refractivity contribution in [1.29, 1.82) is 0 Å².